The van der Waals surface area contributed by atoms with Crippen LogP contribution in [0, 0.1) is 13.8 Å². The van der Waals surface area contributed by atoms with E-state index in [0.717, 1.165) is 36.9 Å². The van der Waals surface area contributed by atoms with Gasteiger partial charge in [-0.2, -0.15) is 4.37 Å². The number of pyridine rings is 2. The second kappa shape index (κ2) is 14.0. The summed E-state index contributed by atoms with van der Waals surface area (Å²) in [6.07, 6.45) is 1.68. The molecule has 10 nitrogen and oxygen atoms in total. The Morgan fingerprint density at radius 2 is 1.76 bits per heavy atom. The quantitative estimate of drug-likeness (QED) is 0.136. The van der Waals surface area contributed by atoms with Gasteiger partial charge in [0, 0.05) is 40.2 Å². The van der Waals surface area contributed by atoms with Crippen molar-refractivity contribution in [1.82, 2.24) is 19.2 Å². The summed E-state index contributed by atoms with van der Waals surface area (Å²) in [5, 5.41) is 2.07. The van der Waals surface area contributed by atoms with E-state index < -0.39 is 16.6 Å². The number of halogens is 1. The summed E-state index contributed by atoms with van der Waals surface area (Å²) in [6.45, 7) is 5.84. The second-order valence-electron chi connectivity index (χ2n) is 11.3. The Bertz CT molecular complexity index is 2310. The van der Waals surface area contributed by atoms with E-state index >= 15 is 0 Å². The first-order valence-corrected chi connectivity index (χ1v) is 18.0. The lowest BCUT2D eigenvalue weighted by atomic mass is 10.0. The van der Waals surface area contributed by atoms with Gasteiger partial charge in [0.25, 0.3) is 10.0 Å². The maximum absolute atomic E-state index is 14.6. The average molecular weight is 716 g/mol. The molecule has 0 unspecified atom stereocenters. The Balaban J connectivity index is 1.47. The molecule has 6 rings (SSSR count). The lowest BCUT2D eigenvalue weighted by Crippen LogP contribution is -2.43. The number of aromatic nitrogens is 3. The maximum atomic E-state index is 14.6. The zero-order valence-electron chi connectivity index (χ0n) is 27.6. The number of benzene rings is 3. The van der Waals surface area contributed by atoms with Crippen molar-refractivity contribution >= 4 is 65.7 Å². The fraction of sp³-hybridized carbons (Fsp3) is 0.222. The number of methoxy groups -OCH3 is 2. The van der Waals surface area contributed by atoms with Gasteiger partial charge in [-0.1, -0.05) is 23.7 Å². The molecule has 0 bridgehead atoms. The normalized spacial score (nSPS) is 11.6. The standard InChI is InChI=1S/C36H34ClN5O5S2/c1-6-41(20-30-22(2)9-8-16-38-30)35(43)21-42(49(44,45)25-12-15-32(46-4)33(19-25)47-5)31-11-7-10-28-26(31)13-14-29(39-28)27-17-24(37)18-34-36(27)23(3)40-48-34/h7-19H,6,20-21H2,1-5H3. The summed E-state index contributed by atoms with van der Waals surface area (Å²) >= 11 is 7.85. The number of rotatable bonds is 11. The lowest BCUT2D eigenvalue weighted by molar-refractivity contribution is -0.130. The Hall–Kier alpha value is -4.78. The van der Waals surface area contributed by atoms with Gasteiger partial charge in [-0.25, -0.2) is 13.4 Å². The van der Waals surface area contributed by atoms with Gasteiger partial charge in [0.15, 0.2) is 11.5 Å². The highest BCUT2D eigenvalue weighted by atomic mass is 35.5. The summed E-state index contributed by atoms with van der Waals surface area (Å²) in [4.78, 5) is 25.0. The molecule has 0 saturated carbocycles. The molecule has 49 heavy (non-hydrogen) atoms. The third kappa shape index (κ3) is 6.63. The number of anilines is 1. The molecule has 0 aliphatic heterocycles. The van der Waals surface area contributed by atoms with Gasteiger partial charge in [-0.3, -0.25) is 14.1 Å². The third-order valence-corrected chi connectivity index (χ3v) is 11.2. The molecule has 0 radical (unpaired) electrons. The van der Waals surface area contributed by atoms with Crippen molar-refractivity contribution in [2.24, 2.45) is 0 Å². The van der Waals surface area contributed by atoms with E-state index in [0.29, 0.717) is 39.6 Å². The predicted molar refractivity (Wildman–Crippen MR) is 194 cm³/mol. The first-order chi connectivity index (χ1) is 23.5. The number of hydrogen-bond donors (Lipinski definition) is 0. The van der Waals surface area contributed by atoms with Gasteiger partial charge in [-0.05, 0) is 92.5 Å². The van der Waals surface area contributed by atoms with Crippen LogP contribution in [0.15, 0.2) is 83.9 Å². The van der Waals surface area contributed by atoms with Crippen LogP contribution in [0.1, 0.15) is 23.9 Å². The Morgan fingerprint density at radius 3 is 2.49 bits per heavy atom. The fourth-order valence-electron chi connectivity index (χ4n) is 5.77. The smallest absolute Gasteiger partial charge is 0.264 e. The molecule has 13 heteroatoms. The monoisotopic (exact) mass is 715 g/mol. The van der Waals surface area contributed by atoms with Crippen LogP contribution in [0.3, 0.4) is 0 Å². The van der Waals surface area contributed by atoms with Crippen molar-refractivity contribution in [2.75, 3.05) is 31.6 Å². The molecule has 3 heterocycles. The van der Waals surface area contributed by atoms with E-state index in [2.05, 4.69) is 9.36 Å². The van der Waals surface area contributed by atoms with Crippen LogP contribution in [0.25, 0.3) is 32.2 Å². The van der Waals surface area contributed by atoms with E-state index in [9.17, 15) is 13.2 Å². The summed E-state index contributed by atoms with van der Waals surface area (Å²) in [6, 6.07) is 20.7. The highest BCUT2D eigenvalue weighted by Crippen LogP contribution is 2.38. The number of likely N-dealkylation sites (N-methyl/N-ethyl adjacent to an activating group) is 1. The molecule has 3 aromatic heterocycles. The van der Waals surface area contributed by atoms with E-state index in [-0.39, 0.29) is 23.1 Å². The third-order valence-electron chi connectivity index (χ3n) is 8.38. The molecular formula is C36H34ClN5O5S2. The van der Waals surface area contributed by atoms with Crippen LogP contribution in [0.5, 0.6) is 11.5 Å². The van der Waals surface area contributed by atoms with Gasteiger partial charge >= 0.3 is 0 Å². The van der Waals surface area contributed by atoms with Crippen LogP contribution >= 0.6 is 23.1 Å². The molecule has 0 aliphatic rings. The van der Waals surface area contributed by atoms with Crippen LogP contribution < -0.4 is 13.8 Å². The molecule has 0 N–H and O–H groups in total. The van der Waals surface area contributed by atoms with Crippen molar-refractivity contribution in [3.63, 3.8) is 0 Å². The van der Waals surface area contributed by atoms with Gasteiger partial charge in [0.1, 0.15) is 6.54 Å². The number of ether oxygens (including phenoxy) is 2. The minimum absolute atomic E-state index is 0.0649. The number of nitrogens with zero attached hydrogens (tertiary/aromatic N) is 5. The molecule has 0 fully saturated rings. The van der Waals surface area contributed by atoms with Gasteiger partial charge in [0.2, 0.25) is 5.91 Å². The summed E-state index contributed by atoms with van der Waals surface area (Å²) < 4.78 is 46.5. The molecule has 6 aromatic rings. The van der Waals surface area contributed by atoms with Crippen LogP contribution in [0.2, 0.25) is 5.02 Å². The number of aryl methyl sites for hydroxylation is 2. The van der Waals surface area contributed by atoms with E-state index in [1.54, 1.807) is 23.2 Å². The molecule has 0 spiro atoms. The average Bonchev–Trinajstić information content (AvgIpc) is 3.48. The van der Waals surface area contributed by atoms with Crippen molar-refractivity contribution in [1.29, 1.82) is 0 Å². The second-order valence-corrected chi connectivity index (χ2v) is 14.4. The zero-order chi connectivity index (χ0) is 34.9. The first kappa shape index (κ1) is 34.1. The minimum Gasteiger partial charge on any atom is -0.493 e. The van der Waals surface area contributed by atoms with Gasteiger partial charge in [0.05, 0.1) is 58.6 Å². The number of carbonyl (C=O) groups excluding carboxylic acids is 1. The van der Waals surface area contributed by atoms with Crippen molar-refractivity contribution in [3.05, 3.63) is 101 Å². The fourth-order valence-corrected chi connectivity index (χ4v) is 8.35. The Morgan fingerprint density at radius 1 is 0.959 bits per heavy atom. The molecule has 252 valence electrons. The molecular weight excluding hydrogens is 682 g/mol. The summed E-state index contributed by atoms with van der Waals surface area (Å²) in [5.74, 6) is 0.228. The number of hydrogen-bond acceptors (Lipinski definition) is 9. The molecule has 3 aromatic carbocycles. The summed E-state index contributed by atoms with van der Waals surface area (Å²) in [5.41, 5.74) is 4.87. The predicted octanol–water partition coefficient (Wildman–Crippen LogP) is 7.44. The number of fused-ring (bicyclic) bond motifs is 2. The SMILES string of the molecule is CCN(Cc1ncccc1C)C(=O)CN(c1cccc2nc(-c3cc(Cl)cc4snc(C)c34)ccc12)S(=O)(=O)c1ccc(OC)c(OC)c1. The number of carbonyl (C=O) groups is 1. The summed E-state index contributed by atoms with van der Waals surface area (Å²) in [7, 11) is -1.43. The molecule has 0 saturated heterocycles. The van der Waals surface area contributed by atoms with E-state index in [1.165, 1.54) is 44.0 Å². The largest absolute Gasteiger partial charge is 0.493 e. The van der Waals surface area contributed by atoms with E-state index in [1.807, 2.05) is 63.2 Å². The van der Waals surface area contributed by atoms with E-state index in [4.69, 9.17) is 26.1 Å². The zero-order valence-corrected chi connectivity index (χ0v) is 30.0. The molecule has 0 aliphatic carbocycles. The first-order valence-electron chi connectivity index (χ1n) is 15.4. The van der Waals surface area contributed by atoms with Crippen molar-refractivity contribution in [3.8, 4) is 22.8 Å². The Kier molecular flexibility index (Phi) is 9.73. The maximum Gasteiger partial charge on any atom is 0.264 e. The van der Waals surface area contributed by atoms with Gasteiger partial charge in [-0.15, -0.1) is 0 Å². The highest BCUT2D eigenvalue weighted by Gasteiger charge is 2.31. The van der Waals surface area contributed by atoms with Crippen LogP contribution in [-0.2, 0) is 21.4 Å². The molecule has 1 amide bonds. The number of sulfonamides is 1. The topological polar surface area (TPSA) is 115 Å². The highest BCUT2D eigenvalue weighted by molar-refractivity contribution is 7.92. The van der Waals surface area contributed by atoms with Crippen molar-refractivity contribution in [2.45, 2.75) is 32.2 Å². The van der Waals surface area contributed by atoms with Gasteiger partial charge < -0.3 is 14.4 Å². The van der Waals surface area contributed by atoms with Crippen molar-refractivity contribution < 1.29 is 22.7 Å². The minimum atomic E-state index is -4.33. The van der Waals surface area contributed by atoms with Crippen LogP contribution in [-0.4, -0.2) is 60.9 Å². The molecule has 0 atom stereocenters. The van der Waals surface area contributed by atoms with Crippen LogP contribution in [0.4, 0.5) is 5.69 Å². The number of amides is 1. The Labute approximate surface area is 294 Å². The lowest BCUT2D eigenvalue weighted by Gasteiger charge is -2.29.